The van der Waals surface area contributed by atoms with E-state index in [9.17, 15) is 4.79 Å². The highest BCUT2D eigenvalue weighted by Gasteiger charge is 2.10. The minimum absolute atomic E-state index is 0.0760. The number of hydrogen-bond donors (Lipinski definition) is 1. The Morgan fingerprint density at radius 1 is 1.39 bits per heavy atom. The molecule has 2 rings (SSSR count). The summed E-state index contributed by atoms with van der Waals surface area (Å²) in [5.74, 6) is -0.0760. The number of amides is 1. The highest BCUT2D eigenvalue weighted by molar-refractivity contribution is 5.93. The first-order valence-corrected chi connectivity index (χ1v) is 5.98. The summed E-state index contributed by atoms with van der Waals surface area (Å²) in [5.41, 5.74) is 3.76. The van der Waals surface area contributed by atoms with Gasteiger partial charge in [-0.3, -0.25) is 4.79 Å². The maximum atomic E-state index is 11.9. The lowest BCUT2D eigenvalue weighted by Gasteiger charge is -2.12. The minimum Gasteiger partial charge on any atom is -0.364 e. The van der Waals surface area contributed by atoms with Gasteiger partial charge in [-0.1, -0.05) is 30.3 Å². The summed E-state index contributed by atoms with van der Waals surface area (Å²) >= 11 is 0. The lowest BCUT2D eigenvalue weighted by Crippen LogP contribution is -2.16. The highest BCUT2D eigenvalue weighted by Crippen LogP contribution is 2.21. The van der Waals surface area contributed by atoms with Crippen molar-refractivity contribution in [2.45, 2.75) is 26.7 Å². The van der Waals surface area contributed by atoms with E-state index in [1.165, 1.54) is 6.26 Å². The molecule has 0 unspecified atom stereocenters. The molecule has 0 spiro atoms. The number of carbonyl (C=O) groups excluding carboxylic acids is 1. The van der Waals surface area contributed by atoms with Crippen LogP contribution in [0.2, 0.25) is 0 Å². The molecule has 4 heteroatoms. The molecule has 0 aliphatic heterocycles. The zero-order valence-electron chi connectivity index (χ0n) is 10.6. The molecule has 0 saturated heterocycles. The molecule has 1 aromatic carbocycles. The number of aromatic nitrogens is 1. The second kappa shape index (κ2) is 5.49. The summed E-state index contributed by atoms with van der Waals surface area (Å²) in [6, 6.07) is 7.71. The van der Waals surface area contributed by atoms with Crippen molar-refractivity contribution < 1.29 is 9.32 Å². The SMILES string of the molecule is CCc1cccc(C)c1NC(=O)Cc1ccon1. The van der Waals surface area contributed by atoms with E-state index in [4.69, 9.17) is 4.52 Å². The zero-order chi connectivity index (χ0) is 13.0. The van der Waals surface area contributed by atoms with Crippen LogP contribution in [0.3, 0.4) is 0 Å². The summed E-state index contributed by atoms with van der Waals surface area (Å²) in [4.78, 5) is 11.9. The predicted molar refractivity (Wildman–Crippen MR) is 69.4 cm³/mol. The van der Waals surface area contributed by atoms with E-state index in [1.807, 2.05) is 25.1 Å². The fourth-order valence-corrected chi connectivity index (χ4v) is 1.88. The van der Waals surface area contributed by atoms with Crippen LogP contribution >= 0.6 is 0 Å². The first-order chi connectivity index (χ1) is 8.70. The molecule has 94 valence electrons. The molecule has 2 aromatic rings. The van der Waals surface area contributed by atoms with Gasteiger partial charge in [-0.2, -0.15) is 0 Å². The summed E-state index contributed by atoms with van der Waals surface area (Å²) in [7, 11) is 0. The van der Waals surface area contributed by atoms with Crippen LogP contribution in [-0.4, -0.2) is 11.1 Å². The second-order valence-electron chi connectivity index (χ2n) is 4.18. The van der Waals surface area contributed by atoms with Gasteiger partial charge in [0.15, 0.2) is 0 Å². The van der Waals surface area contributed by atoms with Gasteiger partial charge in [0.1, 0.15) is 6.26 Å². The van der Waals surface area contributed by atoms with E-state index in [-0.39, 0.29) is 12.3 Å². The Balaban J connectivity index is 2.11. The van der Waals surface area contributed by atoms with E-state index in [2.05, 4.69) is 17.4 Å². The molecule has 0 aliphatic rings. The Bertz CT molecular complexity index is 533. The number of para-hydroxylation sites is 1. The van der Waals surface area contributed by atoms with Crippen LogP contribution in [0.4, 0.5) is 5.69 Å². The van der Waals surface area contributed by atoms with Crippen LogP contribution in [-0.2, 0) is 17.6 Å². The number of rotatable bonds is 4. The summed E-state index contributed by atoms with van der Waals surface area (Å²) in [6.45, 7) is 4.06. The predicted octanol–water partition coefficient (Wildman–Crippen LogP) is 2.73. The smallest absolute Gasteiger partial charge is 0.230 e. The van der Waals surface area contributed by atoms with Crippen LogP contribution in [0.5, 0.6) is 0 Å². The Hall–Kier alpha value is -2.10. The van der Waals surface area contributed by atoms with Crippen molar-refractivity contribution in [1.82, 2.24) is 5.16 Å². The molecule has 1 N–H and O–H groups in total. The largest absolute Gasteiger partial charge is 0.364 e. The van der Waals surface area contributed by atoms with Gasteiger partial charge in [0.05, 0.1) is 12.1 Å². The number of nitrogens with zero attached hydrogens (tertiary/aromatic N) is 1. The van der Waals surface area contributed by atoms with E-state index >= 15 is 0 Å². The fraction of sp³-hybridized carbons (Fsp3) is 0.286. The fourth-order valence-electron chi connectivity index (χ4n) is 1.88. The molecule has 18 heavy (non-hydrogen) atoms. The monoisotopic (exact) mass is 244 g/mol. The molecule has 0 fully saturated rings. The van der Waals surface area contributed by atoms with Gasteiger partial charge in [-0.05, 0) is 24.5 Å². The van der Waals surface area contributed by atoms with Crippen molar-refractivity contribution in [2.24, 2.45) is 0 Å². The summed E-state index contributed by atoms with van der Waals surface area (Å²) < 4.78 is 4.70. The lowest BCUT2D eigenvalue weighted by atomic mass is 10.1. The molecule has 0 atom stereocenters. The third-order valence-electron chi connectivity index (χ3n) is 2.84. The molecule has 1 aromatic heterocycles. The third kappa shape index (κ3) is 2.77. The van der Waals surface area contributed by atoms with Crippen molar-refractivity contribution in [1.29, 1.82) is 0 Å². The van der Waals surface area contributed by atoms with E-state index in [1.54, 1.807) is 6.07 Å². The Kier molecular flexibility index (Phi) is 3.77. The Labute approximate surface area is 106 Å². The topological polar surface area (TPSA) is 55.1 Å². The molecule has 1 heterocycles. The first kappa shape index (κ1) is 12.4. The molecular formula is C14H16N2O2. The van der Waals surface area contributed by atoms with E-state index in [0.717, 1.165) is 23.2 Å². The summed E-state index contributed by atoms with van der Waals surface area (Å²) in [5, 5.41) is 6.67. The quantitative estimate of drug-likeness (QED) is 0.899. The van der Waals surface area contributed by atoms with Crippen LogP contribution in [0.15, 0.2) is 35.1 Å². The van der Waals surface area contributed by atoms with Gasteiger partial charge in [0.2, 0.25) is 5.91 Å². The number of nitrogens with one attached hydrogen (secondary N) is 1. The number of benzene rings is 1. The summed E-state index contributed by atoms with van der Waals surface area (Å²) in [6.07, 6.45) is 2.59. The standard InChI is InChI=1S/C14H16N2O2/c1-3-11-6-4-5-10(2)14(11)15-13(17)9-12-7-8-18-16-12/h4-8H,3,9H2,1-2H3,(H,15,17). The van der Waals surface area contributed by atoms with E-state index < -0.39 is 0 Å². The molecule has 0 radical (unpaired) electrons. The van der Waals surface area contributed by atoms with E-state index in [0.29, 0.717) is 5.69 Å². The molecule has 4 nitrogen and oxygen atoms in total. The van der Waals surface area contributed by atoms with Gasteiger partial charge < -0.3 is 9.84 Å². The number of anilines is 1. The van der Waals surface area contributed by atoms with Gasteiger partial charge >= 0.3 is 0 Å². The molecule has 1 amide bonds. The van der Waals surface area contributed by atoms with Crippen LogP contribution in [0.1, 0.15) is 23.7 Å². The minimum atomic E-state index is -0.0760. The normalized spacial score (nSPS) is 10.3. The van der Waals surface area contributed by atoms with Crippen LogP contribution in [0.25, 0.3) is 0 Å². The molecule has 0 saturated carbocycles. The van der Waals surface area contributed by atoms with Gasteiger partial charge in [0, 0.05) is 11.8 Å². The Morgan fingerprint density at radius 3 is 2.89 bits per heavy atom. The number of aryl methyl sites for hydroxylation is 2. The van der Waals surface area contributed by atoms with Gasteiger partial charge in [0.25, 0.3) is 0 Å². The first-order valence-electron chi connectivity index (χ1n) is 5.98. The van der Waals surface area contributed by atoms with Crippen LogP contribution in [0, 0.1) is 6.92 Å². The average molecular weight is 244 g/mol. The number of carbonyl (C=O) groups is 1. The lowest BCUT2D eigenvalue weighted by molar-refractivity contribution is -0.115. The van der Waals surface area contributed by atoms with Crippen molar-refractivity contribution in [3.8, 4) is 0 Å². The van der Waals surface area contributed by atoms with Gasteiger partial charge in [-0.15, -0.1) is 0 Å². The molecular weight excluding hydrogens is 228 g/mol. The molecule has 0 bridgehead atoms. The van der Waals surface area contributed by atoms with Gasteiger partial charge in [-0.25, -0.2) is 0 Å². The number of hydrogen-bond acceptors (Lipinski definition) is 3. The Morgan fingerprint density at radius 2 is 2.22 bits per heavy atom. The van der Waals surface area contributed by atoms with Crippen molar-refractivity contribution in [3.05, 3.63) is 47.3 Å². The zero-order valence-corrected chi connectivity index (χ0v) is 10.6. The van der Waals surface area contributed by atoms with Crippen molar-refractivity contribution in [2.75, 3.05) is 5.32 Å². The maximum Gasteiger partial charge on any atom is 0.230 e. The third-order valence-corrected chi connectivity index (χ3v) is 2.84. The van der Waals surface area contributed by atoms with Crippen LogP contribution < -0.4 is 5.32 Å². The highest BCUT2D eigenvalue weighted by atomic mass is 16.5. The molecule has 0 aliphatic carbocycles. The van der Waals surface area contributed by atoms with Crippen molar-refractivity contribution in [3.63, 3.8) is 0 Å². The van der Waals surface area contributed by atoms with Crippen molar-refractivity contribution >= 4 is 11.6 Å². The average Bonchev–Trinajstić information content (AvgIpc) is 2.84. The second-order valence-corrected chi connectivity index (χ2v) is 4.18. The maximum absolute atomic E-state index is 11.9.